The van der Waals surface area contributed by atoms with E-state index in [2.05, 4.69) is 20.8 Å². The first-order valence-corrected chi connectivity index (χ1v) is 11.1. The summed E-state index contributed by atoms with van der Waals surface area (Å²) in [5.41, 5.74) is 5.83. The minimum Gasteiger partial charge on any atom is -0.350 e. The van der Waals surface area contributed by atoms with E-state index in [0.717, 1.165) is 0 Å². The minimum atomic E-state index is -0.326. The number of nitrogens with two attached hydrogens (primary N) is 1. The summed E-state index contributed by atoms with van der Waals surface area (Å²) in [5.74, 6) is 0.700. The molecule has 2 heteroatoms. The molecule has 0 bridgehead atoms. The fourth-order valence-electron chi connectivity index (χ4n) is 3.98. The first kappa shape index (κ1) is 22.0. The van der Waals surface area contributed by atoms with Gasteiger partial charge in [0.25, 0.3) is 0 Å². The van der Waals surface area contributed by atoms with E-state index in [4.69, 9.17) is 10.5 Å². The lowest BCUT2D eigenvalue weighted by molar-refractivity contribution is 0.267. The molecule has 3 atom stereocenters. The van der Waals surface area contributed by atoms with Crippen LogP contribution in [0.5, 0.6) is 0 Å². The van der Waals surface area contributed by atoms with Gasteiger partial charge in [-0.1, -0.05) is 104 Å². The van der Waals surface area contributed by atoms with Crippen molar-refractivity contribution in [3.8, 4) is 0 Å². The van der Waals surface area contributed by atoms with Crippen molar-refractivity contribution in [3.63, 3.8) is 0 Å². The molecular formula is C22H45NO. The molecule has 144 valence electrons. The normalized spacial score (nSPS) is 24.2. The van der Waals surface area contributed by atoms with Crippen molar-refractivity contribution < 1.29 is 4.74 Å². The Bertz CT molecular complexity index is 290. The number of rotatable bonds is 17. The predicted molar refractivity (Wildman–Crippen MR) is 106 cm³/mol. The lowest BCUT2D eigenvalue weighted by atomic mass is 9.89. The van der Waals surface area contributed by atoms with Gasteiger partial charge >= 0.3 is 0 Å². The van der Waals surface area contributed by atoms with E-state index in [0.29, 0.717) is 12.0 Å². The summed E-state index contributed by atoms with van der Waals surface area (Å²) in [6, 6.07) is 0. The van der Waals surface area contributed by atoms with E-state index in [1.54, 1.807) is 0 Å². The van der Waals surface area contributed by atoms with Gasteiger partial charge in [-0.05, 0) is 25.7 Å². The van der Waals surface area contributed by atoms with Gasteiger partial charge in [-0.25, -0.2) is 0 Å². The van der Waals surface area contributed by atoms with Crippen LogP contribution >= 0.6 is 0 Å². The Balaban J connectivity index is 2.08. The van der Waals surface area contributed by atoms with Crippen LogP contribution in [0, 0.1) is 5.92 Å². The Hall–Kier alpha value is -0.0800. The van der Waals surface area contributed by atoms with Gasteiger partial charge in [0.2, 0.25) is 0 Å². The van der Waals surface area contributed by atoms with Crippen molar-refractivity contribution in [1.29, 1.82) is 0 Å². The van der Waals surface area contributed by atoms with Gasteiger partial charge in [-0.2, -0.15) is 0 Å². The molecule has 0 amide bonds. The summed E-state index contributed by atoms with van der Waals surface area (Å²) in [6.07, 6.45) is 22.5. The predicted octanol–water partition coefficient (Wildman–Crippen LogP) is 6.96. The highest BCUT2D eigenvalue weighted by Gasteiger charge is 2.52. The molecule has 24 heavy (non-hydrogen) atoms. The van der Waals surface area contributed by atoms with Gasteiger partial charge in [0.05, 0.1) is 0 Å². The molecule has 0 aromatic heterocycles. The topological polar surface area (TPSA) is 38.5 Å². The van der Waals surface area contributed by atoms with E-state index in [1.807, 2.05) is 0 Å². The number of ether oxygens (including phenoxy) is 1. The molecule has 1 aliphatic heterocycles. The first-order valence-electron chi connectivity index (χ1n) is 11.1. The van der Waals surface area contributed by atoms with Gasteiger partial charge in [0.1, 0.15) is 11.8 Å². The van der Waals surface area contributed by atoms with Crippen LogP contribution in [-0.4, -0.2) is 11.8 Å². The molecule has 0 aromatic carbocycles. The molecule has 1 aliphatic rings. The summed E-state index contributed by atoms with van der Waals surface area (Å²) in [7, 11) is 0. The Morgan fingerprint density at radius 2 is 1.04 bits per heavy atom. The number of epoxide rings is 1. The third kappa shape index (κ3) is 10.0. The zero-order chi connectivity index (χ0) is 17.7. The number of hydrogen-bond acceptors (Lipinski definition) is 2. The molecule has 2 nitrogen and oxygen atoms in total. The first-order chi connectivity index (χ1) is 11.6. The third-order valence-electron chi connectivity index (χ3n) is 5.67. The van der Waals surface area contributed by atoms with E-state index in [1.165, 1.54) is 103 Å². The standard InChI is InChI=1S/C22H45NO/c1-4-6-8-10-12-13-15-17-19-20(21-22(3,23)24-21)18-16-14-11-9-7-5-2/h20-21H,4-19,23H2,1-3H3. The van der Waals surface area contributed by atoms with Crippen LogP contribution in [0.25, 0.3) is 0 Å². The molecule has 1 saturated heterocycles. The summed E-state index contributed by atoms with van der Waals surface area (Å²) in [5, 5.41) is 0. The van der Waals surface area contributed by atoms with Gasteiger partial charge < -0.3 is 10.5 Å². The van der Waals surface area contributed by atoms with Crippen LogP contribution in [0.3, 0.4) is 0 Å². The van der Waals surface area contributed by atoms with Crippen molar-refractivity contribution in [2.45, 2.75) is 135 Å². The van der Waals surface area contributed by atoms with Crippen LogP contribution < -0.4 is 5.73 Å². The largest absolute Gasteiger partial charge is 0.350 e. The molecule has 0 saturated carbocycles. The highest BCUT2D eigenvalue weighted by atomic mass is 16.6. The van der Waals surface area contributed by atoms with E-state index in [9.17, 15) is 0 Å². The Labute approximate surface area is 152 Å². The molecule has 0 radical (unpaired) electrons. The van der Waals surface area contributed by atoms with Crippen LogP contribution in [0.15, 0.2) is 0 Å². The lowest BCUT2D eigenvalue weighted by Gasteiger charge is -2.15. The Kier molecular flexibility index (Phi) is 12.0. The molecular weight excluding hydrogens is 294 g/mol. The fraction of sp³-hybridized carbons (Fsp3) is 1.00. The van der Waals surface area contributed by atoms with Crippen molar-refractivity contribution in [1.82, 2.24) is 0 Å². The summed E-state index contributed by atoms with van der Waals surface area (Å²) >= 11 is 0. The summed E-state index contributed by atoms with van der Waals surface area (Å²) < 4.78 is 5.76. The molecule has 1 heterocycles. The van der Waals surface area contributed by atoms with Crippen LogP contribution in [-0.2, 0) is 4.74 Å². The quantitative estimate of drug-likeness (QED) is 0.230. The molecule has 0 aromatic rings. The van der Waals surface area contributed by atoms with Gasteiger partial charge in [-0.15, -0.1) is 0 Å². The average Bonchev–Trinajstić information content (AvgIpc) is 3.19. The SMILES string of the molecule is CCCCCCCCCCC(CCCCCCCC)C1OC1(C)N. The number of hydrogen-bond donors (Lipinski definition) is 1. The maximum absolute atomic E-state index is 6.16. The van der Waals surface area contributed by atoms with Crippen molar-refractivity contribution in [2.75, 3.05) is 0 Å². The van der Waals surface area contributed by atoms with Crippen LogP contribution in [0.4, 0.5) is 0 Å². The molecule has 3 unspecified atom stereocenters. The third-order valence-corrected chi connectivity index (χ3v) is 5.67. The average molecular weight is 340 g/mol. The number of unbranched alkanes of at least 4 members (excludes halogenated alkanes) is 12. The second-order valence-corrected chi connectivity index (χ2v) is 8.30. The maximum Gasteiger partial charge on any atom is 0.141 e. The molecule has 2 N–H and O–H groups in total. The van der Waals surface area contributed by atoms with Gasteiger partial charge in [-0.3, -0.25) is 0 Å². The minimum absolute atomic E-state index is 0.326. The van der Waals surface area contributed by atoms with E-state index >= 15 is 0 Å². The second-order valence-electron chi connectivity index (χ2n) is 8.30. The fourth-order valence-corrected chi connectivity index (χ4v) is 3.98. The summed E-state index contributed by atoms with van der Waals surface area (Å²) in [4.78, 5) is 0. The van der Waals surface area contributed by atoms with Crippen LogP contribution in [0.1, 0.15) is 124 Å². The van der Waals surface area contributed by atoms with Gasteiger partial charge in [0.15, 0.2) is 0 Å². The highest BCUT2D eigenvalue weighted by Crippen LogP contribution is 2.41. The van der Waals surface area contributed by atoms with Crippen LogP contribution in [0.2, 0.25) is 0 Å². The molecule has 1 rings (SSSR count). The monoisotopic (exact) mass is 339 g/mol. The Morgan fingerprint density at radius 3 is 1.38 bits per heavy atom. The molecule has 0 aliphatic carbocycles. The maximum atomic E-state index is 6.16. The zero-order valence-electron chi connectivity index (χ0n) is 17.0. The van der Waals surface area contributed by atoms with Crippen molar-refractivity contribution in [3.05, 3.63) is 0 Å². The van der Waals surface area contributed by atoms with E-state index < -0.39 is 0 Å². The van der Waals surface area contributed by atoms with E-state index in [-0.39, 0.29) is 5.72 Å². The molecule has 1 fully saturated rings. The highest BCUT2D eigenvalue weighted by molar-refractivity contribution is 4.97. The van der Waals surface area contributed by atoms with Crippen molar-refractivity contribution >= 4 is 0 Å². The summed E-state index contributed by atoms with van der Waals surface area (Å²) in [6.45, 7) is 6.63. The Morgan fingerprint density at radius 1 is 0.708 bits per heavy atom. The second kappa shape index (κ2) is 13.2. The molecule has 0 spiro atoms. The van der Waals surface area contributed by atoms with Gasteiger partial charge in [0, 0.05) is 0 Å². The lowest BCUT2D eigenvalue weighted by Crippen LogP contribution is -2.26. The smallest absolute Gasteiger partial charge is 0.141 e. The van der Waals surface area contributed by atoms with Crippen molar-refractivity contribution in [2.24, 2.45) is 11.7 Å². The zero-order valence-corrected chi connectivity index (χ0v) is 17.0.